The van der Waals surface area contributed by atoms with Crippen LogP contribution in [0.15, 0.2) is 0 Å². The van der Waals surface area contributed by atoms with Gasteiger partial charge in [-0.05, 0) is 44.1 Å². The molecule has 2 saturated heterocycles. The molecule has 1 aliphatic carbocycles. The Bertz CT molecular complexity index is 501. The first-order valence-electron chi connectivity index (χ1n) is 10.2. The van der Waals surface area contributed by atoms with Crippen molar-refractivity contribution in [2.24, 2.45) is 11.8 Å². The monoisotopic (exact) mass is 386 g/mol. The number of rotatable bonds is 7. The van der Waals surface area contributed by atoms with E-state index in [0.29, 0.717) is 12.3 Å². The van der Waals surface area contributed by atoms with Gasteiger partial charge in [-0.1, -0.05) is 13.8 Å². The fourth-order valence-electron chi connectivity index (χ4n) is 3.83. The summed E-state index contributed by atoms with van der Waals surface area (Å²) in [5.74, 6) is 0.538. The Morgan fingerprint density at radius 2 is 1.96 bits per heavy atom. The molecule has 0 aromatic rings. The van der Waals surface area contributed by atoms with Crippen LogP contribution in [0.25, 0.3) is 0 Å². The van der Waals surface area contributed by atoms with Gasteiger partial charge < -0.3 is 35.4 Å². The van der Waals surface area contributed by atoms with Crippen molar-refractivity contribution in [2.45, 2.75) is 82.1 Å². The van der Waals surface area contributed by atoms with Gasteiger partial charge in [0, 0.05) is 6.61 Å². The van der Waals surface area contributed by atoms with E-state index in [1.807, 2.05) is 13.8 Å². The average molecular weight is 386 g/mol. The maximum absolute atomic E-state index is 12.8. The van der Waals surface area contributed by atoms with Crippen LogP contribution < -0.4 is 10.6 Å². The highest BCUT2D eigenvalue weighted by molar-refractivity contribution is 5.82. The third-order valence-corrected chi connectivity index (χ3v) is 5.86. The molecule has 1 saturated carbocycles. The second kappa shape index (κ2) is 9.15. The molecule has 0 spiro atoms. The predicted molar refractivity (Wildman–Crippen MR) is 98.0 cm³/mol. The quantitative estimate of drug-likeness (QED) is 0.387. The van der Waals surface area contributed by atoms with E-state index < -0.39 is 30.5 Å². The van der Waals surface area contributed by atoms with Crippen LogP contribution in [-0.2, 0) is 14.3 Å². The van der Waals surface area contributed by atoms with Crippen LogP contribution in [-0.4, -0.2) is 83.6 Å². The van der Waals surface area contributed by atoms with Gasteiger partial charge in [-0.3, -0.25) is 4.79 Å². The molecule has 3 rings (SSSR count). The number of hydrogen-bond acceptors (Lipinski definition) is 7. The third kappa shape index (κ3) is 5.40. The van der Waals surface area contributed by atoms with Crippen LogP contribution in [0.4, 0.5) is 0 Å². The fourth-order valence-corrected chi connectivity index (χ4v) is 3.83. The van der Waals surface area contributed by atoms with E-state index in [0.717, 1.165) is 19.6 Å². The standard InChI is InChI=1S/C19H34N2O6/c1-10(2)15(18-17(24)16(23)14(22)9-27-18)21-19(25)13-7-12(5-6-20-13)26-8-11-3-4-11/h10-18,20,22-24H,3-9H2,1-2H3,(H,21,25)/t12?,13-,14-,15+,16+,17+,18+/m0/s1. The number of amides is 1. The minimum atomic E-state index is -1.28. The van der Waals surface area contributed by atoms with E-state index in [9.17, 15) is 20.1 Å². The second-order valence-electron chi connectivity index (χ2n) is 8.55. The zero-order valence-corrected chi connectivity index (χ0v) is 16.2. The van der Waals surface area contributed by atoms with Gasteiger partial charge in [-0.2, -0.15) is 0 Å². The van der Waals surface area contributed by atoms with Crippen molar-refractivity contribution in [1.82, 2.24) is 10.6 Å². The Morgan fingerprint density at radius 1 is 1.22 bits per heavy atom. The van der Waals surface area contributed by atoms with Gasteiger partial charge in [0.05, 0.1) is 24.8 Å². The van der Waals surface area contributed by atoms with Crippen molar-refractivity contribution in [2.75, 3.05) is 19.8 Å². The number of carbonyl (C=O) groups is 1. The van der Waals surface area contributed by atoms with Gasteiger partial charge in [0.15, 0.2) is 0 Å². The van der Waals surface area contributed by atoms with E-state index in [2.05, 4.69) is 10.6 Å². The molecule has 0 aromatic carbocycles. The zero-order chi connectivity index (χ0) is 19.6. The third-order valence-electron chi connectivity index (χ3n) is 5.86. The minimum absolute atomic E-state index is 0.0125. The first-order chi connectivity index (χ1) is 12.9. The molecule has 0 aromatic heterocycles. The number of hydrogen-bond donors (Lipinski definition) is 5. The molecule has 0 bridgehead atoms. The number of aliphatic hydroxyl groups is 3. The highest BCUT2D eigenvalue weighted by atomic mass is 16.5. The van der Waals surface area contributed by atoms with Crippen molar-refractivity contribution in [3.05, 3.63) is 0 Å². The molecule has 2 aliphatic heterocycles. The average Bonchev–Trinajstić information content (AvgIpc) is 3.47. The molecule has 27 heavy (non-hydrogen) atoms. The molecule has 7 atom stereocenters. The number of nitrogens with one attached hydrogen (secondary N) is 2. The lowest BCUT2D eigenvalue weighted by atomic mass is 9.88. The second-order valence-corrected chi connectivity index (χ2v) is 8.55. The summed E-state index contributed by atoms with van der Waals surface area (Å²) in [6.45, 7) is 5.30. The summed E-state index contributed by atoms with van der Waals surface area (Å²) in [4.78, 5) is 12.8. The molecule has 8 nitrogen and oxygen atoms in total. The Morgan fingerprint density at radius 3 is 2.63 bits per heavy atom. The summed E-state index contributed by atoms with van der Waals surface area (Å²) in [5.41, 5.74) is 0. The normalized spacial score (nSPS) is 38.6. The Hall–Kier alpha value is -0.770. The first-order valence-corrected chi connectivity index (χ1v) is 10.2. The van der Waals surface area contributed by atoms with Gasteiger partial charge in [0.2, 0.25) is 5.91 Å². The molecule has 2 heterocycles. The van der Waals surface area contributed by atoms with Crippen LogP contribution in [0.5, 0.6) is 0 Å². The van der Waals surface area contributed by atoms with Crippen molar-refractivity contribution >= 4 is 5.91 Å². The summed E-state index contributed by atoms with van der Waals surface area (Å²) < 4.78 is 11.5. The van der Waals surface area contributed by atoms with Crippen molar-refractivity contribution < 1.29 is 29.6 Å². The first kappa shape index (κ1) is 21.0. The highest BCUT2D eigenvalue weighted by Gasteiger charge is 2.43. The number of ether oxygens (including phenoxy) is 2. The van der Waals surface area contributed by atoms with E-state index in [1.165, 1.54) is 12.8 Å². The maximum atomic E-state index is 12.8. The largest absolute Gasteiger partial charge is 0.388 e. The molecular weight excluding hydrogens is 352 g/mol. The lowest BCUT2D eigenvalue weighted by Crippen LogP contribution is -2.63. The predicted octanol–water partition coefficient (Wildman–Crippen LogP) is -0.844. The van der Waals surface area contributed by atoms with Crippen LogP contribution in [0.1, 0.15) is 39.5 Å². The van der Waals surface area contributed by atoms with Gasteiger partial charge in [0.1, 0.15) is 24.4 Å². The molecular formula is C19H34N2O6. The summed E-state index contributed by atoms with van der Waals surface area (Å²) in [7, 11) is 0. The number of carbonyl (C=O) groups excluding carboxylic acids is 1. The molecule has 5 N–H and O–H groups in total. The lowest BCUT2D eigenvalue weighted by molar-refractivity contribution is -0.197. The van der Waals surface area contributed by atoms with E-state index in [-0.39, 0.29) is 30.6 Å². The van der Waals surface area contributed by atoms with E-state index in [1.54, 1.807) is 0 Å². The van der Waals surface area contributed by atoms with Crippen molar-refractivity contribution in [3.63, 3.8) is 0 Å². The summed E-state index contributed by atoms with van der Waals surface area (Å²) >= 11 is 0. The fraction of sp³-hybridized carbons (Fsp3) is 0.947. The Kier molecular flexibility index (Phi) is 7.10. The molecule has 3 aliphatic rings. The molecule has 0 radical (unpaired) electrons. The van der Waals surface area contributed by atoms with Crippen LogP contribution in [0.3, 0.4) is 0 Å². The van der Waals surface area contributed by atoms with Gasteiger partial charge >= 0.3 is 0 Å². The van der Waals surface area contributed by atoms with Gasteiger partial charge in [0.25, 0.3) is 0 Å². The minimum Gasteiger partial charge on any atom is -0.388 e. The smallest absolute Gasteiger partial charge is 0.237 e. The molecule has 156 valence electrons. The van der Waals surface area contributed by atoms with Crippen LogP contribution in [0.2, 0.25) is 0 Å². The van der Waals surface area contributed by atoms with Crippen LogP contribution >= 0.6 is 0 Å². The van der Waals surface area contributed by atoms with Crippen molar-refractivity contribution in [3.8, 4) is 0 Å². The van der Waals surface area contributed by atoms with Gasteiger partial charge in [-0.25, -0.2) is 0 Å². The highest BCUT2D eigenvalue weighted by Crippen LogP contribution is 2.30. The van der Waals surface area contributed by atoms with Gasteiger partial charge in [-0.15, -0.1) is 0 Å². The van der Waals surface area contributed by atoms with Crippen LogP contribution in [0, 0.1) is 11.8 Å². The molecule has 8 heteroatoms. The Balaban J connectivity index is 1.56. The summed E-state index contributed by atoms with van der Waals surface area (Å²) in [5, 5.41) is 36.1. The topological polar surface area (TPSA) is 120 Å². The summed E-state index contributed by atoms with van der Waals surface area (Å²) in [6.07, 6.45) is -0.317. The number of piperidine rings is 1. The van der Waals surface area contributed by atoms with E-state index in [4.69, 9.17) is 9.47 Å². The molecule has 1 unspecified atom stereocenters. The Labute approximate surface area is 160 Å². The lowest BCUT2D eigenvalue weighted by Gasteiger charge is -2.41. The van der Waals surface area contributed by atoms with Crippen molar-refractivity contribution in [1.29, 1.82) is 0 Å². The van der Waals surface area contributed by atoms with E-state index >= 15 is 0 Å². The zero-order valence-electron chi connectivity index (χ0n) is 16.2. The summed E-state index contributed by atoms with van der Waals surface area (Å²) in [6, 6.07) is -0.815. The molecule has 1 amide bonds. The molecule has 3 fully saturated rings. The maximum Gasteiger partial charge on any atom is 0.237 e. The SMILES string of the molecule is CC(C)[C@@H](NC(=O)[C@@H]1CC(OCC2CC2)CCN1)[C@H]1OC[C@H](O)[C@@H](O)[C@H]1O. The number of aliphatic hydroxyl groups excluding tert-OH is 3.